The molecule has 2 heterocycles. The number of piperazine rings is 2. The Morgan fingerprint density at radius 1 is 0.979 bits per heavy atom. The molecule has 2 aromatic carbocycles. The quantitative estimate of drug-likeness (QED) is 0.314. The van der Waals surface area contributed by atoms with E-state index in [4.69, 9.17) is 16.3 Å². The van der Waals surface area contributed by atoms with E-state index >= 15 is 8.78 Å². The molecule has 264 valence electrons. The average Bonchev–Trinajstić information content (AvgIpc) is 2.99. The highest BCUT2D eigenvalue weighted by Gasteiger charge is 2.34. The molecule has 0 aromatic heterocycles. The van der Waals surface area contributed by atoms with E-state index < -0.39 is 59.4 Å². The predicted octanol–water partition coefficient (Wildman–Crippen LogP) is 5.84. The Labute approximate surface area is 280 Å². The fraction of sp³-hybridized carbons (Fsp3) is 0.531. The first-order chi connectivity index (χ1) is 22.4. The third kappa shape index (κ3) is 10.2. The van der Waals surface area contributed by atoms with Gasteiger partial charge in [0.1, 0.15) is 5.60 Å². The van der Waals surface area contributed by atoms with Crippen molar-refractivity contribution in [1.82, 2.24) is 14.7 Å². The summed E-state index contributed by atoms with van der Waals surface area (Å²) in [6, 6.07) is 6.29. The fourth-order valence-corrected chi connectivity index (χ4v) is 5.82. The third-order valence-electron chi connectivity index (χ3n) is 8.08. The number of aliphatic carboxylic acids is 1. The minimum atomic E-state index is -4.25. The number of hydrogen-bond donors (Lipinski definition) is 2. The molecule has 0 bridgehead atoms. The minimum absolute atomic E-state index is 0.0117. The molecule has 1 unspecified atom stereocenters. The number of nitrogens with one attached hydrogen (secondary N) is 1. The second-order valence-electron chi connectivity index (χ2n) is 12.9. The third-order valence-corrected chi connectivity index (χ3v) is 8.31. The molecule has 2 aliphatic rings. The molecule has 2 N–H and O–H groups in total. The van der Waals surface area contributed by atoms with Crippen LogP contribution in [-0.2, 0) is 16.1 Å². The number of rotatable bonds is 9. The summed E-state index contributed by atoms with van der Waals surface area (Å²) in [7, 11) is 0. The van der Waals surface area contributed by atoms with E-state index in [1.165, 1.54) is 23.1 Å². The van der Waals surface area contributed by atoms with Crippen molar-refractivity contribution in [3.63, 3.8) is 0 Å². The number of alkyl halides is 3. The molecule has 2 amide bonds. The summed E-state index contributed by atoms with van der Waals surface area (Å²) in [5.74, 6) is -4.71. The van der Waals surface area contributed by atoms with Crippen molar-refractivity contribution < 1.29 is 46.2 Å². The number of hydrogen-bond acceptors (Lipinski definition) is 7. The number of ether oxygens (including phenoxy) is 1. The summed E-state index contributed by atoms with van der Waals surface area (Å²) >= 11 is 6.20. The smallest absolute Gasteiger partial charge is 0.410 e. The normalized spacial score (nSPS) is 18.1. The van der Waals surface area contributed by atoms with Crippen LogP contribution in [0.2, 0.25) is 5.02 Å². The second kappa shape index (κ2) is 15.2. The highest BCUT2D eigenvalue weighted by molar-refractivity contribution is 6.31. The molecule has 0 radical (unpaired) electrons. The Bertz CT molecular complexity index is 1500. The molecule has 2 aliphatic heterocycles. The van der Waals surface area contributed by atoms with Crippen molar-refractivity contribution >= 4 is 40.9 Å². The van der Waals surface area contributed by atoms with E-state index in [1.54, 1.807) is 36.6 Å². The van der Waals surface area contributed by atoms with Gasteiger partial charge in [0.05, 0.1) is 29.8 Å². The van der Waals surface area contributed by atoms with Gasteiger partial charge in [0.2, 0.25) is 0 Å². The molecule has 4 rings (SSSR count). The van der Waals surface area contributed by atoms with Crippen LogP contribution in [0.5, 0.6) is 0 Å². The molecule has 0 aliphatic carbocycles. The maximum absolute atomic E-state index is 15.4. The largest absolute Gasteiger partial charge is 0.481 e. The standard InChI is InChI=1S/C32H39ClF5N5O5/c1-31(2,3)48-30(47)43-15-14-42(22(19-43)17-26(44)45)18-20-4-6-23(28(35)27(20)34)29(46)39-24-7-5-21(33)16-25(24)41-12-10-40(11-13-41)9-8-32(36,37)38/h4-7,16,22H,8-15,17-19H2,1-3H3,(H,39,46)(H,44,45). The van der Waals surface area contributed by atoms with Gasteiger partial charge in [-0.25, -0.2) is 13.6 Å². The van der Waals surface area contributed by atoms with Crippen molar-refractivity contribution in [2.75, 3.05) is 62.6 Å². The van der Waals surface area contributed by atoms with Gasteiger partial charge in [0.25, 0.3) is 5.91 Å². The number of anilines is 2. The van der Waals surface area contributed by atoms with Gasteiger partial charge in [-0.3, -0.25) is 19.4 Å². The van der Waals surface area contributed by atoms with Gasteiger partial charge in [-0.1, -0.05) is 17.7 Å². The van der Waals surface area contributed by atoms with Crippen molar-refractivity contribution in [2.24, 2.45) is 0 Å². The molecule has 0 saturated carbocycles. The summed E-state index contributed by atoms with van der Waals surface area (Å²) in [6.45, 7) is 6.61. The number of carbonyl (C=O) groups is 3. The summed E-state index contributed by atoms with van der Waals surface area (Å²) in [5.41, 5.74) is -0.667. The van der Waals surface area contributed by atoms with E-state index in [-0.39, 0.29) is 50.4 Å². The Kier molecular flexibility index (Phi) is 11.8. The van der Waals surface area contributed by atoms with Gasteiger partial charge in [-0.15, -0.1) is 0 Å². The molecule has 1 atom stereocenters. The van der Waals surface area contributed by atoms with Crippen molar-refractivity contribution in [3.8, 4) is 0 Å². The van der Waals surface area contributed by atoms with Crippen LogP contribution in [0.4, 0.5) is 38.1 Å². The first-order valence-electron chi connectivity index (χ1n) is 15.5. The van der Waals surface area contributed by atoms with Crippen molar-refractivity contribution in [2.45, 2.75) is 58.0 Å². The number of carboxylic acid groups (broad SMARTS) is 1. The van der Waals surface area contributed by atoms with Gasteiger partial charge >= 0.3 is 18.2 Å². The lowest BCUT2D eigenvalue weighted by Crippen LogP contribution is -2.55. The van der Waals surface area contributed by atoms with Gasteiger partial charge in [0, 0.05) is 75.5 Å². The first-order valence-corrected chi connectivity index (χ1v) is 15.8. The molecule has 48 heavy (non-hydrogen) atoms. The zero-order valence-electron chi connectivity index (χ0n) is 26.9. The number of halogens is 6. The van der Waals surface area contributed by atoms with Crippen LogP contribution in [0, 0.1) is 11.6 Å². The lowest BCUT2D eigenvalue weighted by Gasteiger charge is -2.41. The van der Waals surface area contributed by atoms with E-state index in [0.717, 1.165) is 6.07 Å². The maximum atomic E-state index is 15.4. The lowest BCUT2D eigenvalue weighted by molar-refractivity contribution is -0.139. The van der Waals surface area contributed by atoms with E-state index in [2.05, 4.69) is 5.32 Å². The van der Waals surface area contributed by atoms with Crippen LogP contribution < -0.4 is 10.2 Å². The molecule has 2 saturated heterocycles. The molecule has 16 heteroatoms. The van der Waals surface area contributed by atoms with Crippen molar-refractivity contribution in [1.29, 1.82) is 0 Å². The summed E-state index contributed by atoms with van der Waals surface area (Å²) in [4.78, 5) is 43.9. The zero-order chi connectivity index (χ0) is 35.4. The van der Waals surface area contributed by atoms with Crippen LogP contribution in [0.15, 0.2) is 30.3 Å². The lowest BCUT2D eigenvalue weighted by atomic mass is 10.0. The van der Waals surface area contributed by atoms with Crippen LogP contribution >= 0.6 is 11.6 Å². The van der Waals surface area contributed by atoms with Crippen LogP contribution in [-0.4, -0.2) is 108 Å². The molecular formula is C32H39ClF5N5O5. The average molecular weight is 704 g/mol. The highest BCUT2D eigenvalue weighted by atomic mass is 35.5. The fourth-order valence-electron chi connectivity index (χ4n) is 5.65. The van der Waals surface area contributed by atoms with Gasteiger partial charge in [-0.05, 0) is 45.0 Å². The molecule has 10 nitrogen and oxygen atoms in total. The van der Waals surface area contributed by atoms with Gasteiger partial charge in [-0.2, -0.15) is 13.2 Å². The van der Waals surface area contributed by atoms with E-state index in [9.17, 15) is 32.7 Å². The Morgan fingerprint density at radius 3 is 2.29 bits per heavy atom. The van der Waals surface area contributed by atoms with E-state index in [1.807, 2.05) is 4.90 Å². The predicted molar refractivity (Wildman–Crippen MR) is 169 cm³/mol. The number of carbonyl (C=O) groups excluding carboxylic acids is 2. The highest BCUT2D eigenvalue weighted by Crippen LogP contribution is 2.32. The summed E-state index contributed by atoms with van der Waals surface area (Å²) < 4.78 is 74.1. The maximum Gasteiger partial charge on any atom is 0.410 e. The number of nitrogens with zero attached hydrogens (tertiary/aromatic N) is 4. The molecule has 2 fully saturated rings. The monoisotopic (exact) mass is 703 g/mol. The second-order valence-corrected chi connectivity index (χ2v) is 13.3. The number of carboxylic acids is 1. The Hall–Kier alpha value is -3.69. The minimum Gasteiger partial charge on any atom is -0.481 e. The molecule has 2 aromatic rings. The zero-order valence-corrected chi connectivity index (χ0v) is 27.6. The molecular weight excluding hydrogens is 665 g/mol. The summed E-state index contributed by atoms with van der Waals surface area (Å²) in [6.07, 6.45) is -6.12. The Morgan fingerprint density at radius 2 is 1.67 bits per heavy atom. The topological polar surface area (TPSA) is 106 Å². The number of benzene rings is 2. The Balaban J connectivity index is 1.45. The van der Waals surface area contributed by atoms with Crippen LogP contribution in [0.25, 0.3) is 0 Å². The van der Waals surface area contributed by atoms with Gasteiger partial charge in [0.15, 0.2) is 11.6 Å². The van der Waals surface area contributed by atoms with Crippen LogP contribution in [0.3, 0.4) is 0 Å². The van der Waals surface area contributed by atoms with Gasteiger partial charge < -0.3 is 25.0 Å². The SMILES string of the molecule is CC(C)(C)OC(=O)N1CCN(Cc2ccc(C(=O)Nc3ccc(Cl)cc3N3CCN(CCC(F)(F)F)CC3)c(F)c2F)C(CC(=O)O)C1. The number of amides is 2. The van der Waals surface area contributed by atoms with Crippen LogP contribution in [0.1, 0.15) is 49.5 Å². The van der Waals surface area contributed by atoms with Crippen molar-refractivity contribution in [3.05, 3.63) is 58.1 Å². The van der Waals surface area contributed by atoms with E-state index in [0.29, 0.717) is 36.9 Å². The summed E-state index contributed by atoms with van der Waals surface area (Å²) in [5, 5.41) is 12.4. The molecule has 0 spiro atoms. The first kappa shape index (κ1) is 37.1.